The van der Waals surface area contributed by atoms with Crippen molar-refractivity contribution in [2.45, 2.75) is 39.2 Å². The van der Waals surface area contributed by atoms with Crippen LogP contribution in [0, 0.1) is 0 Å². The number of halogens is 2. The number of anilines is 1. The lowest BCUT2D eigenvalue weighted by Crippen LogP contribution is -2.29. The van der Waals surface area contributed by atoms with E-state index in [0.29, 0.717) is 52.0 Å². The van der Waals surface area contributed by atoms with E-state index >= 15 is 0 Å². The Bertz CT molecular complexity index is 1550. The predicted octanol–water partition coefficient (Wildman–Crippen LogP) is 7.93. The van der Waals surface area contributed by atoms with Crippen molar-refractivity contribution in [1.82, 2.24) is 0 Å². The fraction of sp³-hybridized carbons (Fsp3) is 0.267. The van der Waals surface area contributed by atoms with Crippen LogP contribution in [0.4, 0.5) is 5.69 Å². The van der Waals surface area contributed by atoms with Gasteiger partial charge in [-0.25, -0.2) is 0 Å². The number of hydrogen-bond acceptors (Lipinski definition) is 5. The molecular weight excluding hydrogens is 570 g/mol. The summed E-state index contributed by atoms with van der Waals surface area (Å²) in [7, 11) is 0. The van der Waals surface area contributed by atoms with Gasteiger partial charge in [0.2, 0.25) is 5.76 Å². The number of fused-ring (bicyclic) bond motifs is 2. The Kier molecular flexibility index (Phi) is 7.77. The van der Waals surface area contributed by atoms with Crippen LogP contribution >= 0.6 is 27.5 Å². The van der Waals surface area contributed by atoms with Crippen LogP contribution in [0.1, 0.15) is 60.8 Å². The van der Waals surface area contributed by atoms with Crippen molar-refractivity contribution in [2.24, 2.45) is 0 Å². The lowest BCUT2D eigenvalue weighted by Gasteiger charge is -2.26. The number of carbonyl (C=O) groups is 1. The third-order valence-electron chi connectivity index (χ3n) is 6.53. The molecule has 0 aliphatic carbocycles. The number of amides is 1. The summed E-state index contributed by atoms with van der Waals surface area (Å²) in [5, 5.41) is 0.742. The standard InChI is InChI=1S/C30H27BrClNO5/c1-3-5-6-15-37-24-13-7-18(16-25(24)36-4-2)27-26-28(34)22-17-20(32)10-14-23(22)38-29(26)30(35)33(27)21-11-8-19(31)9-12-21/h7-14,16-17,27H,3-6,15H2,1-2H3. The maximum atomic E-state index is 13.9. The monoisotopic (exact) mass is 595 g/mol. The van der Waals surface area contributed by atoms with Gasteiger partial charge in [0, 0.05) is 15.2 Å². The van der Waals surface area contributed by atoms with E-state index in [1.54, 1.807) is 23.1 Å². The van der Waals surface area contributed by atoms with Gasteiger partial charge in [0.05, 0.1) is 30.2 Å². The van der Waals surface area contributed by atoms with E-state index in [2.05, 4.69) is 22.9 Å². The number of unbranched alkanes of at least 4 members (excludes halogenated alkanes) is 2. The van der Waals surface area contributed by atoms with Crippen molar-refractivity contribution in [1.29, 1.82) is 0 Å². The molecule has 3 aromatic carbocycles. The van der Waals surface area contributed by atoms with Crippen molar-refractivity contribution >= 4 is 50.1 Å². The minimum Gasteiger partial charge on any atom is -0.490 e. The van der Waals surface area contributed by atoms with Crippen molar-refractivity contribution in [3.63, 3.8) is 0 Å². The zero-order valence-corrected chi connectivity index (χ0v) is 23.5. The Hall–Kier alpha value is -3.29. The highest BCUT2D eigenvalue weighted by atomic mass is 79.9. The van der Waals surface area contributed by atoms with Gasteiger partial charge in [-0.1, -0.05) is 53.4 Å². The molecule has 6 nitrogen and oxygen atoms in total. The molecule has 1 aromatic heterocycles. The average Bonchev–Trinajstić information content (AvgIpc) is 3.20. The van der Waals surface area contributed by atoms with Crippen LogP contribution in [0.2, 0.25) is 5.02 Å². The van der Waals surface area contributed by atoms with Crippen molar-refractivity contribution in [3.8, 4) is 11.5 Å². The zero-order valence-electron chi connectivity index (χ0n) is 21.1. The fourth-order valence-electron chi connectivity index (χ4n) is 4.74. The zero-order chi connectivity index (χ0) is 26.8. The molecule has 1 unspecified atom stereocenters. The van der Waals surface area contributed by atoms with E-state index < -0.39 is 6.04 Å². The summed E-state index contributed by atoms with van der Waals surface area (Å²) in [6.07, 6.45) is 3.13. The fourth-order valence-corrected chi connectivity index (χ4v) is 5.18. The average molecular weight is 597 g/mol. The van der Waals surface area contributed by atoms with Gasteiger partial charge in [-0.3, -0.25) is 14.5 Å². The molecule has 1 atom stereocenters. The Morgan fingerprint density at radius 3 is 2.47 bits per heavy atom. The van der Waals surface area contributed by atoms with Gasteiger partial charge in [-0.05, 0) is 73.5 Å². The summed E-state index contributed by atoms with van der Waals surface area (Å²) in [5.41, 5.74) is 1.63. The van der Waals surface area contributed by atoms with Gasteiger partial charge < -0.3 is 13.9 Å². The van der Waals surface area contributed by atoms with E-state index in [9.17, 15) is 9.59 Å². The molecule has 0 spiro atoms. The summed E-state index contributed by atoms with van der Waals surface area (Å²) in [6, 6.07) is 17.0. The minimum atomic E-state index is -0.730. The van der Waals surface area contributed by atoms with Crippen molar-refractivity contribution < 1.29 is 18.7 Å². The number of hydrogen-bond donors (Lipinski definition) is 0. The summed E-state index contributed by atoms with van der Waals surface area (Å²) in [6.45, 7) is 5.07. The van der Waals surface area contributed by atoms with Gasteiger partial charge in [-0.15, -0.1) is 0 Å². The first-order chi connectivity index (χ1) is 18.4. The Labute approximate surface area is 234 Å². The molecule has 0 bridgehead atoms. The highest BCUT2D eigenvalue weighted by Gasteiger charge is 2.44. The van der Waals surface area contributed by atoms with E-state index in [4.69, 9.17) is 25.5 Å². The molecule has 2 heterocycles. The van der Waals surface area contributed by atoms with Crippen molar-refractivity contribution in [3.05, 3.63) is 97.3 Å². The van der Waals surface area contributed by atoms with E-state index in [1.165, 1.54) is 0 Å². The van der Waals surface area contributed by atoms with Gasteiger partial charge in [0.1, 0.15) is 5.58 Å². The highest BCUT2D eigenvalue weighted by Crippen LogP contribution is 2.43. The largest absolute Gasteiger partial charge is 0.490 e. The minimum absolute atomic E-state index is 0.0237. The quantitative estimate of drug-likeness (QED) is 0.184. The van der Waals surface area contributed by atoms with Crippen LogP contribution in [0.5, 0.6) is 11.5 Å². The van der Waals surface area contributed by atoms with Crippen LogP contribution < -0.4 is 19.8 Å². The molecule has 38 heavy (non-hydrogen) atoms. The molecule has 1 amide bonds. The van der Waals surface area contributed by atoms with Crippen LogP contribution in [0.3, 0.4) is 0 Å². The van der Waals surface area contributed by atoms with Crippen LogP contribution in [0.25, 0.3) is 11.0 Å². The van der Waals surface area contributed by atoms with E-state index in [1.807, 2.05) is 49.4 Å². The predicted molar refractivity (Wildman–Crippen MR) is 153 cm³/mol. The molecule has 8 heteroatoms. The lowest BCUT2D eigenvalue weighted by atomic mass is 9.97. The molecule has 0 saturated heterocycles. The third-order valence-corrected chi connectivity index (χ3v) is 7.29. The number of rotatable bonds is 9. The third kappa shape index (κ3) is 4.93. The van der Waals surface area contributed by atoms with E-state index in [-0.39, 0.29) is 22.7 Å². The molecule has 0 saturated carbocycles. The molecular formula is C30H27BrClNO5. The maximum absolute atomic E-state index is 13.9. The maximum Gasteiger partial charge on any atom is 0.295 e. The van der Waals surface area contributed by atoms with Gasteiger partial charge in [0.15, 0.2) is 16.9 Å². The molecule has 196 valence electrons. The Morgan fingerprint density at radius 1 is 0.947 bits per heavy atom. The van der Waals surface area contributed by atoms with Crippen LogP contribution in [-0.2, 0) is 0 Å². The molecule has 5 rings (SSSR count). The van der Waals surface area contributed by atoms with Gasteiger partial charge >= 0.3 is 0 Å². The Morgan fingerprint density at radius 2 is 1.74 bits per heavy atom. The van der Waals surface area contributed by atoms with E-state index in [0.717, 1.165) is 23.7 Å². The van der Waals surface area contributed by atoms with Crippen molar-refractivity contribution in [2.75, 3.05) is 18.1 Å². The SMILES string of the molecule is CCCCCOc1ccc(C2c3c(oc4ccc(Cl)cc4c3=O)C(=O)N2c2ccc(Br)cc2)cc1OCC. The molecule has 0 fully saturated rings. The summed E-state index contributed by atoms with van der Waals surface area (Å²) in [4.78, 5) is 29.3. The lowest BCUT2D eigenvalue weighted by molar-refractivity contribution is 0.0971. The van der Waals surface area contributed by atoms with Gasteiger partial charge in [0.25, 0.3) is 5.91 Å². The summed E-state index contributed by atoms with van der Waals surface area (Å²) in [5.74, 6) is 0.824. The van der Waals surface area contributed by atoms with Gasteiger partial charge in [-0.2, -0.15) is 0 Å². The molecule has 0 radical (unpaired) electrons. The molecule has 1 aliphatic heterocycles. The highest BCUT2D eigenvalue weighted by molar-refractivity contribution is 9.10. The summed E-state index contributed by atoms with van der Waals surface area (Å²) >= 11 is 9.66. The first kappa shape index (κ1) is 26.3. The molecule has 0 N–H and O–H groups in total. The second-order valence-corrected chi connectivity index (χ2v) is 10.4. The number of benzene rings is 3. The smallest absolute Gasteiger partial charge is 0.295 e. The van der Waals surface area contributed by atoms with Crippen LogP contribution in [-0.4, -0.2) is 19.1 Å². The van der Waals surface area contributed by atoms with Crippen LogP contribution in [0.15, 0.2) is 74.3 Å². The number of carbonyl (C=O) groups excluding carboxylic acids is 1. The number of ether oxygens (including phenoxy) is 2. The second-order valence-electron chi connectivity index (χ2n) is 9.06. The Balaban J connectivity index is 1.68. The first-order valence-electron chi connectivity index (χ1n) is 12.7. The second kappa shape index (κ2) is 11.2. The summed E-state index contributed by atoms with van der Waals surface area (Å²) < 4.78 is 18.9. The molecule has 4 aromatic rings. The molecule has 1 aliphatic rings. The normalized spacial score (nSPS) is 14.7. The number of nitrogens with zero attached hydrogens (tertiary/aromatic N) is 1. The topological polar surface area (TPSA) is 69.0 Å². The first-order valence-corrected chi connectivity index (χ1v) is 13.8.